The molecule has 0 amide bonds. The highest BCUT2D eigenvalue weighted by molar-refractivity contribution is 7.16. The molecule has 0 spiro atoms. The van der Waals surface area contributed by atoms with Crippen molar-refractivity contribution in [1.82, 2.24) is 10.1 Å². The maximum Gasteiger partial charge on any atom is 0.340 e. The van der Waals surface area contributed by atoms with E-state index in [0.29, 0.717) is 46.0 Å². The summed E-state index contributed by atoms with van der Waals surface area (Å²) < 4.78 is 18.8. The highest BCUT2D eigenvalue weighted by Gasteiger charge is 2.37. The molecule has 2 fully saturated rings. The maximum absolute atomic E-state index is 13.0. The van der Waals surface area contributed by atoms with Crippen LogP contribution < -0.4 is 4.90 Å². The number of halogens is 2. The minimum Gasteiger partial charge on any atom is -0.462 e. The summed E-state index contributed by atoms with van der Waals surface area (Å²) >= 11 is 14.6. The molecule has 210 valence electrons. The number of carbonyl (C=O) groups is 1. The number of anilines is 1. The molecular weight excluding hydrogens is 569 g/mol. The molecule has 2 aromatic carbocycles. The lowest BCUT2D eigenvalue weighted by molar-refractivity contribution is 0.00970. The molecule has 1 saturated heterocycles. The van der Waals surface area contributed by atoms with Crippen molar-refractivity contribution in [3.8, 4) is 11.3 Å². The average molecular weight is 601 g/mol. The predicted molar refractivity (Wildman–Crippen MR) is 159 cm³/mol. The summed E-state index contributed by atoms with van der Waals surface area (Å²) in [6, 6.07) is 9.63. The zero-order valence-electron chi connectivity index (χ0n) is 22.7. The summed E-state index contributed by atoms with van der Waals surface area (Å²) in [6.07, 6.45) is 3.78. The molecule has 2 atom stereocenters. The Morgan fingerprint density at radius 1 is 1.15 bits per heavy atom. The van der Waals surface area contributed by atoms with Crippen molar-refractivity contribution in [2.75, 3.05) is 11.5 Å². The SMILES string of the molecule is CCOC(=O)c1cc2scnc2cc1N1[C@@H](C)CC(OCc2c(-c3c(Cl)cccc3Cl)noc2C2CC2)C[C@@H]1C. The second-order valence-corrected chi connectivity index (χ2v) is 12.4. The number of piperidine rings is 1. The zero-order valence-corrected chi connectivity index (χ0v) is 25.0. The first-order chi connectivity index (χ1) is 19.4. The van der Waals surface area contributed by atoms with Gasteiger partial charge in [-0.05, 0) is 70.7 Å². The van der Waals surface area contributed by atoms with Crippen molar-refractivity contribution in [3.05, 3.63) is 62.8 Å². The van der Waals surface area contributed by atoms with Crippen LogP contribution in [0.5, 0.6) is 0 Å². The van der Waals surface area contributed by atoms with Crippen molar-refractivity contribution >= 4 is 56.4 Å². The topological polar surface area (TPSA) is 77.7 Å². The van der Waals surface area contributed by atoms with E-state index in [9.17, 15) is 4.79 Å². The third-order valence-corrected chi connectivity index (χ3v) is 9.23. The molecule has 1 aliphatic heterocycles. The first kappa shape index (κ1) is 27.5. The minimum atomic E-state index is -0.309. The standard InChI is InChI=1S/C30H31Cl2N3O4S/c1-4-37-30(36)20-12-26-24(33-15-40-26)13-25(20)35-16(2)10-19(11-17(35)3)38-14-21-28(34-39-29(21)18-8-9-18)27-22(31)6-5-7-23(27)32/h5-7,12-13,15-19H,4,8-11,14H2,1-3H3/t16-,17-/m0/s1. The van der Waals surface area contributed by atoms with Gasteiger partial charge >= 0.3 is 5.97 Å². The largest absolute Gasteiger partial charge is 0.462 e. The molecule has 10 heteroatoms. The van der Waals surface area contributed by atoms with Crippen LogP contribution in [0.1, 0.15) is 74.1 Å². The van der Waals surface area contributed by atoms with Crippen molar-refractivity contribution in [1.29, 1.82) is 0 Å². The monoisotopic (exact) mass is 599 g/mol. The van der Waals surface area contributed by atoms with Gasteiger partial charge in [-0.25, -0.2) is 9.78 Å². The van der Waals surface area contributed by atoms with Crippen LogP contribution in [0.3, 0.4) is 0 Å². The number of esters is 1. The van der Waals surface area contributed by atoms with Crippen molar-refractivity contribution < 1.29 is 18.8 Å². The normalized spacial score (nSPS) is 21.2. The Balaban J connectivity index is 1.24. The number of carbonyl (C=O) groups excluding carboxylic acids is 1. The first-order valence-electron chi connectivity index (χ1n) is 13.7. The summed E-state index contributed by atoms with van der Waals surface area (Å²) in [4.78, 5) is 19.8. The molecule has 0 unspecified atom stereocenters. The fraction of sp³-hybridized carbons (Fsp3) is 0.433. The smallest absolute Gasteiger partial charge is 0.340 e. The third-order valence-electron chi connectivity index (χ3n) is 7.81. The Kier molecular flexibility index (Phi) is 7.79. The number of rotatable bonds is 8. The van der Waals surface area contributed by atoms with E-state index in [1.165, 1.54) is 11.3 Å². The number of benzene rings is 2. The van der Waals surface area contributed by atoms with Gasteiger partial charge in [-0.2, -0.15) is 0 Å². The van der Waals surface area contributed by atoms with Crippen LogP contribution in [-0.2, 0) is 16.1 Å². The van der Waals surface area contributed by atoms with Gasteiger partial charge in [0, 0.05) is 29.1 Å². The van der Waals surface area contributed by atoms with Gasteiger partial charge in [0.25, 0.3) is 0 Å². The molecule has 7 nitrogen and oxygen atoms in total. The molecule has 0 radical (unpaired) electrons. The number of aromatic nitrogens is 2. The minimum absolute atomic E-state index is 0.0202. The summed E-state index contributed by atoms with van der Waals surface area (Å²) in [5, 5.41) is 5.47. The van der Waals surface area contributed by atoms with Gasteiger partial charge in [-0.15, -0.1) is 11.3 Å². The third kappa shape index (κ3) is 5.22. The molecule has 4 aromatic rings. The second kappa shape index (κ2) is 11.3. The van der Waals surface area contributed by atoms with Gasteiger partial charge in [0.1, 0.15) is 11.5 Å². The highest BCUT2D eigenvalue weighted by atomic mass is 35.5. The van der Waals surface area contributed by atoms with Gasteiger partial charge in [0.15, 0.2) is 0 Å². The number of thiazole rings is 1. The van der Waals surface area contributed by atoms with E-state index in [1.807, 2.05) is 37.3 Å². The van der Waals surface area contributed by atoms with Crippen molar-refractivity contribution in [2.45, 2.75) is 77.2 Å². The van der Waals surface area contributed by atoms with Crippen LogP contribution in [0.4, 0.5) is 5.69 Å². The van der Waals surface area contributed by atoms with Gasteiger partial charge in [-0.1, -0.05) is 34.4 Å². The van der Waals surface area contributed by atoms with E-state index in [-0.39, 0.29) is 24.2 Å². The number of nitrogens with zero attached hydrogens (tertiary/aromatic N) is 3. The summed E-state index contributed by atoms with van der Waals surface area (Å²) in [5.74, 6) is 0.930. The average Bonchev–Trinajstić information content (AvgIpc) is 3.51. The molecule has 2 aromatic heterocycles. The van der Waals surface area contributed by atoms with E-state index in [2.05, 4.69) is 28.9 Å². The molecule has 0 N–H and O–H groups in total. The molecule has 1 aliphatic carbocycles. The lowest BCUT2D eigenvalue weighted by Crippen LogP contribution is -2.49. The van der Waals surface area contributed by atoms with Crippen LogP contribution >= 0.6 is 34.5 Å². The lowest BCUT2D eigenvalue weighted by atomic mass is 9.92. The van der Waals surface area contributed by atoms with E-state index in [4.69, 9.17) is 37.2 Å². The van der Waals surface area contributed by atoms with Gasteiger partial charge in [0.05, 0.1) is 56.3 Å². The van der Waals surface area contributed by atoms with Crippen molar-refractivity contribution in [3.63, 3.8) is 0 Å². The quantitative estimate of drug-likeness (QED) is 0.188. The van der Waals surface area contributed by atoms with E-state index >= 15 is 0 Å². The maximum atomic E-state index is 13.0. The first-order valence-corrected chi connectivity index (χ1v) is 15.4. The summed E-state index contributed by atoms with van der Waals surface area (Å²) in [5.41, 5.74) is 6.40. The molecule has 3 heterocycles. The number of ether oxygens (including phenoxy) is 2. The summed E-state index contributed by atoms with van der Waals surface area (Å²) in [7, 11) is 0. The lowest BCUT2D eigenvalue weighted by Gasteiger charge is -2.44. The van der Waals surface area contributed by atoms with E-state index in [1.54, 1.807) is 5.51 Å². The molecule has 1 saturated carbocycles. The van der Waals surface area contributed by atoms with E-state index in [0.717, 1.165) is 52.9 Å². The Hall–Kier alpha value is -2.65. The number of fused-ring (bicyclic) bond motifs is 1. The van der Waals surface area contributed by atoms with Gasteiger partial charge in [0.2, 0.25) is 0 Å². The van der Waals surface area contributed by atoms with Gasteiger partial charge < -0.3 is 18.9 Å². The molecule has 0 bridgehead atoms. The molecule has 6 rings (SSSR count). The fourth-order valence-corrected chi connectivity index (χ4v) is 7.13. The number of hydrogen-bond acceptors (Lipinski definition) is 8. The van der Waals surface area contributed by atoms with Crippen LogP contribution in [0.15, 0.2) is 40.4 Å². The van der Waals surface area contributed by atoms with Crippen molar-refractivity contribution in [2.24, 2.45) is 0 Å². The van der Waals surface area contributed by atoms with Crippen LogP contribution in [0.25, 0.3) is 21.5 Å². The summed E-state index contributed by atoms with van der Waals surface area (Å²) in [6.45, 7) is 6.88. The highest BCUT2D eigenvalue weighted by Crippen LogP contribution is 2.46. The molecule has 2 aliphatic rings. The molecular formula is C30H31Cl2N3O4S. The fourth-order valence-electron chi connectivity index (χ4n) is 5.86. The Labute approximate surface area is 247 Å². The van der Waals surface area contributed by atoms with Crippen LogP contribution in [-0.4, -0.2) is 40.9 Å². The Morgan fingerprint density at radius 3 is 2.55 bits per heavy atom. The zero-order chi connectivity index (χ0) is 28.0. The Morgan fingerprint density at radius 2 is 1.88 bits per heavy atom. The molecule has 40 heavy (non-hydrogen) atoms. The predicted octanol–water partition coefficient (Wildman–Crippen LogP) is 8.27. The van der Waals surface area contributed by atoms with Crippen LogP contribution in [0.2, 0.25) is 10.0 Å². The number of hydrogen-bond donors (Lipinski definition) is 0. The van der Waals surface area contributed by atoms with Gasteiger partial charge in [-0.3, -0.25) is 0 Å². The van der Waals surface area contributed by atoms with Crippen LogP contribution in [0, 0.1) is 0 Å². The second-order valence-electron chi connectivity index (χ2n) is 10.7. The van der Waals surface area contributed by atoms with E-state index < -0.39 is 0 Å². The Bertz CT molecular complexity index is 1520.